The number of benzene rings is 1. The quantitative estimate of drug-likeness (QED) is 0.868. The molecule has 0 spiro atoms. The molecular weight excluding hydrogens is 350 g/mol. The number of likely N-dealkylation sites (N-methyl/N-ethyl adjacent to an activating group) is 1. The largest absolute Gasteiger partial charge is 0.308 e. The second-order valence-electron chi connectivity index (χ2n) is 7.98. The molecule has 1 aromatic carbocycles. The molecule has 7 heteroatoms. The number of sulfonamides is 1. The number of hydrogen-bond acceptors (Lipinski definition) is 4. The van der Waals surface area contributed by atoms with Crippen molar-refractivity contribution in [1.82, 2.24) is 4.90 Å². The van der Waals surface area contributed by atoms with Gasteiger partial charge in [0.15, 0.2) is 0 Å². The topological polar surface area (TPSA) is 83.7 Å². The Balaban J connectivity index is 1.73. The van der Waals surface area contributed by atoms with E-state index in [1.807, 2.05) is 18.9 Å². The third kappa shape index (κ3) is 3.94. The standard InChI is InChI=1S/C19H29N3O3S/c1-13-4-6-16(7-5-13)21(3)12-19(23)22-14(2)10-15-11-17(26(20,24)25)8-9-18(15)22/h8-9,11,13-14,16H,4-7,10,12H2,1-3H3,(H2,20,24,25). The van der Waals surface area contributed by atoms with Crippen LogP contribution in [-0.2, 0) is 21.2 Å². The average Bonchev–Trinajstić information content (AvgIpc) is 2.89. The van der Waals surface area contributed by atoms with Crippen LogP contribution < -0.4 is 10.0 Å². The van der Waals surface area contributed by atoms with E-state index in [0.29, 0.717) is 19.0 Å². The molecule has 0 saturated heterocycles. The van der Waals surface area contributed by atoms with Crippen molar-refractivity contribution in [2.45, 2.75) is 62.9 Å². The van der Waals surface area contributed by atoms with Crippen molar-refractivity contribution < 1.29 is 13.2 Å². The van der Waals surface area contributed by atoms with Gasteiger partial charge in [-0.25, -0.2) is 13.6 Å². The number of primary sulfonamides is 1. The van der Waals surface area contributed by atoms with Crippen LogP contribution in [0, 0.1) is 5.92 Å². The monoisotopic (exact) mass is 379 g/mol. The minimum absolute atomic E-state index is 0.0213. The number of hydrogen-bond donors (Lipinski definition) is 1. The predicted octanol–water partition coefficient (Wildman–Crippen LogP) is 2.12. The molecule has 144 valence electrons. The molecule has 0 bridgehead atoms. The highest BCUT2D eigenvalue weighted by molar-refractivity contribution is 7.89. The minimum Gasteiger partial charge on any atom is -0.308 e. The van der Waals surface area contributed by atoms with Gasteiger partial charge in [-0.15, -0.1) is 0 Å². The van der Waals surface area contributed by atoms with Gasteiger partial charge < -0.3 is 4.90 Å². The zero-order chi connectivity index (χ0) is 19.1. The Kier molecular flexibility index (Phi) is 5.42. The van der Waals surface area contributed by atoms with E-state index < -0.39 is 10.0 Å². The Morgan fingerprint density at radius 1 is 1.23 bits per heavy atom. The first kappa shape index (κ1) is 19.3. The molecule has 1 saturated carbocycles. The summed E-state index contributed by atoms with van der Waals surface area (Å²) in [4.78, 5) is 17.0. The van der Waals surface area contributed by atoms with Gasteiger partial charge in [0.1, 0.15) is 0 Å². The van der Waals surface area contributed by atoms with Crippen LogP contribution in [0.5, 0.6) is 0 Å². The molecule has 6 nitrogen and oxygen atoms in total. The fourth-order valence-corrected chi connectivity index (χ4v) is 4.83. The highest BCUT2D eigenvalue weighted by Crippen LogP contribution is 2.34. The lowest BCUT2D eigenvalue weighted by Crippen LogP contribution is -2.45. The van der Waals surface area contributed by atoms with Crippen LogP contribution in [0.4, 0.5) is 5.69 Å². The molecule has 2 N–H and O–H groups in total. The fraction of sp³-hybridized carbons (Fsp3) is 0.632. The van der Waals surface area contributed by atoms with Gasteiger partial charge in [-0.1, -0.05) is 6.92 Å². The predicted molar refractivity (Wildman–Crippen MR) is 103 cm³/mol. The molecule has 1 aliphatic heterocycles. The van der Waals surface area contributed by atoms with Crippen molar-refractivity contribution in [2.75, 3.05) is 18.5 Å². The van der Waals surface area contributed by atoms with Gasteiger partial charge in [-0.3, -0.25) is 9.69 Å². The highest BCUT2D eigenvalue weighted by atomic mass is 32.2. The van der Waals surface area contributed by atoms with E-state index in [0.717, 1.165) is 30.0 Å². The number of carbonyl (C=O) groups is 1. The number of nitrogens with zero attached hydrogens (tertiary/aromatic N) is 2. The summed E-state index contributed by atoms with van der Waals surface area (Å²) in [5, 5.41) is 5.22. The van der Waals surface area contributed by atoms with Crippen molar-refractivity contribution in [3.8, 4) is 0 Å². The van der Waals surface area contributed by atoms with E-state index in [9.17, 15) is 13.2 Å². The lowest BCUT2D eigenvalue weighted by atomic mass is 9.87. The maximum Gasteiger partial charge on any atom is 0.241 e. The molecule has 1 fully saturated rings. The van der Waals surface area contributed by atoms with Crippen molar-refractivity contribution in [3.05, 3.63) is 23.8 Å². The lowest BCUT2D eigenvalue weighted by Gasteiger charge is -2.34. The SMILES string of the molecule is CC1CCC(N(C)CC(=O)N2c3ccc(S(N)(=O)=O)cc3CC2C)CC1. The molecule has 1 aliphatic carbocycles. The van der Waals surface area contributed by atoms with Crippen molar-refractivity contribution >= 4 is 21.6 Å². The first-order valence-corrected chi connectivity index (χ1v) is 10.9. The third-order valence-electron chi connectivity index (χ3n) is 5.86. The van der Waals surface area contributed by atoms with E-state index in [1.54, 1.807) is 12.1 Å². The lowest BCUT2D eigenvalue weighted by molar-refractivity contribution is -0.120. The van der Waals surface area contributed by atoms with Crippen LogP contribution in [0.15, 0.2) is 23.1 Å². The van der Waals surface area contributed by atoms with E-state index >= 15 is 0 Å². The van der Waals surface area contributed by atoms with Crippen LogP contribution in [0.1, 0.15) is 45.1 Å². The zero-order valence-corrected chi connectivity index (χ0v) is 16.6. The van der Waals surface area contributed by atoms with E-state index in [4.69, 9.17) is 5.14 Å². The van der Waals surface area contributed by atoms with Crippen molar-refractivity contribution in [2.24, 2.45) is 11.1 Å². The van der Waals surface area contributed by atoms with Gasteiger partial charge in [0.05, 0.1) is 11.4 Å². The fourth-order valence-electron chi connectivity index (χ4n) is 4.27. The van der Waals surface area contributed by atoms with Crippen molar-refractivity contribution in [3.63, 3.8) is 0 Å². The van der Waals surface area contributed by atoms with Crippen LogP contribution >= 0.6 is 0 Å². The van der Waals surface area contributed by atoms with Gasteiger partial charge in [-0.2, -0.15) is 0 Å². The van der Waals surface area contributed by atoms with Crippen molar-refractivity contribution in [1.29, 1.82) is 0 Å². The second kappa shape index (κ2) is 7.29. The normalized spacial score (nSPS) is 26.2. The summed E-state index contributed by atoms with van der Waals surface area (Å²) in [7, 11) is -1.70. The Labute approximate surface area is 156 Å². The molecule has 26 heavy (non-hydrogen) atoms. The number of rotatable bonds is 4. The summed E-state index contributed by atoms with van der Waals surface area (Å²) in [6, 6.07) is 5.28. The van der Waals surface area contributed by atoms with Crippen LogP contribution in [0.3, 0.4) is 0 Å². The number of anilines is 1. The Bertz CT molecular complexity index is 785. The number of nitrogens with two attached hydrogens (primary N) is 1. The molecule has 1 aromatic rings. The van der Waals surface area contributed by atoms with Crippen LogP contribution in [-0.4, -0.2) is 44.9 Å². The number of carbonyl (C=O) groups excluding carboxylic acids is 1. The molecule has 1 atom stereocenters. The maximum atomic E-state index is 13.0. The highest BCUT2D eigenvalue weighted by Gasteiger charge is 2.33. The van der Waals surface area contributed by atoms with Gasteiger partial charge in [0, 0.05) is 17.8 Å². The van der Waals surface area contributed by atoms with E-state index in [-0.39, 0.29) is 16.8 Å². The first-order chi connectivity index (χ1) is 12.2. The van der Waals surface area contributed by atoms with Crippen LogP contribution in [0.25, 0.3) is 0 Å². The summed E-state index contributed by atoms with van der Waals surface area (Å²) < 4.78 is 23.1. The average molecular weight is 380 g/mol. The molecule has 1 amide bonds. The molecule has 3 rings (SSSR count). The van der Waals surface area contributed by atoms with Gasteiger partial charge >= 0.3 is 0 Å². The number of amides is 1. The molecular formula is C19H29N3O3S. The molecule has 0 radical (unpaired) electrons. The second-order valence-corrected chi connectivity index (χ2v) is 9.54. The smallest absolute Gasteiger partial charge is 0.241 e. The minimum atomic E-state index is -3.73. The van der Waals surface area contributed by atoms with Gasteiger partial charge in [0.25, 0.3) is 0 Å². The van der Waals surface area contributed by atoms with E-state index in [1.165, 1.54) is 18.9 Å². The van der Waals surface area contributed by atoms with Crippen LogP contribution in [0.2, 0.25) is 0 Å². The summed E-state index contributed by atoms with van der Waals surface area (Å²) in [6.45, 7) is 4.68. The Morgan fingerprint density at radius 3 is 2.50 bits per heavy atom. The number of fused-ring (bicyclic) bond motifs is 1. The molecule has 2 aliphatic rings. The summed E-state index contributed by atoms with van der Waals surface area (Å²) in [5.41, 5.74) is 1.67. The first-order valence-electron chi connectivity index (χ1n) is 9.35. The summed E-state index contributed by atoms with van der Waals surface area (Å²) in [5.74, 6) is 0.856. The molecule has 1 heterocycles. The zero-order valence-electron chi connectivity index (χ0n) is 15.8. The van der Waals surface area contributed by atoms with E-state index in [2.05, 4.69) is 11.8 Å². The molecule has 1 unspecified atom stereocenters. The maximum absolute atomic E-state index is 13.0. The summed E-state index contributed by atoms with van der Waals surface area (Å²) >= 11 is 0. The van der Waals surface area contributed by atoms with Gasteiger partial charge in [0.2, 0.25) is 15.9 Å². The molecule has 0 aromatic heterocycles. The summed E-state index contributed by atoms with van der Waals surface area (Å²) in [6.07, 6.45) is 5.39. The Hall–Kier alpha value is -1.44. The Morgan fingerprint density at radius 2 is 1.88 bits per heavy atom. The van der Waals surface area contributed by atoms with Gasteiger partial charge in [-0.05, 0) is 75.8 Å². The third-order valence-corrected chi connectivity index (χ3v) is 6.77.